The van der Waals surface area contributed by atoms with Crippen molar-refractivity contribution in [3.05, 3.63) is 181 Å². The standard InChI is InChI=1S/C51H34N4O/c1-51(2)42-28-32(31-18-22-45-40(26-31)38-12-6-8-14-44(38)55(45)35-10-4-3-5-11-35)16-20-36(42)37-21-17-33(29-43(37)51)46-30-53-50-49(52-24-25-54(46)50)34-19-23-48-41(27-34)39-13-7-9-15-47(39)56-48/h3-30H,1-2H3. The highest BCUT2D eigenvalue weighted by atomic mass is 16.3. The summed E-state index contributed by atoms with van der Waals surface area (Å²) in [5.41, 5.74) is 17.7. The van der Waals surface area contributed by atoms with Crippen LogP contribution >= 0.6 is 0 Å². The fourth-order valence-corrected chi connectivity index (χ4v) is 9.29. The van der Waals surface area contributed by atoms with Gasteiger partial charge < -0.3 is 8.98 Å². The van der Waals surface area contributed by atoms with Crippen LogP contribution in [0.2, 0.25) is 0 Å². The first-order valence-electron chi connectivity index (χ1n) is 19.1. The van der Waals surface area contributed by atoms with Crippen LogP contribution in [0.15, 0.2) is 175 Å². The van der Waals surface area contributed by atoms with Crippen LogP contribution in [-0.2, 0) is 5.41 Å². The Hall–Kier alpha value is -7.24. The lowest BCUT2D eigenvalue weighted by molar-refractivity contribution is 0.661. The van der Waals surface area contributed by atoms with Gasteiger partial charge >= 0.3 is 0 Å². The van der Waals surface area contributed by atoms with Crippen molar-refractivity contribution in [3.63, 3.8) is 0 Å². The van der Waals surface area contributed by atoms with Crippen molar-refractivity contribution >= 4 is 49.4 Å². The molecule has 5 heteroatoms. The number of para-hydroxylation sites is 3. The largest absolute Gasteiger partial charge is 0.456 e. The van der Waals surface area contributed by atoms with Crippen molar-refractivity contribution in [2.45, 2.75) is 19.3 Å². The molecule has 0 aliphatic heterocycles. The fourth-order valence-electron chi connectivity index (χ4n) is 9.29. The maximum atomic E-state index is 6.10. The summed E-state index contributed by atoms with van der Waals surface area (Å²) in [5.74, 6) is 0. The van der Waals surface area contributed by atoms with Crippen LogP contribution in [0.3, 0.4) is 0 Å². The van der Waals surface area contributed by atoms with E-state index in [1.54, 1.807) is 0 Å². The monoisotopic (exact) mass is 718 g/mol. The van der Waals surface area contributed by atoms with Gasteiger partial charge in [-0.2, -0.15) is 0 Å². The van der Waals surface area contributed by atoms with E-state index in [1.165, 1.54) is 60.9 Å². The number of hydrogen-bond acceptors (Lipinski definition) is 3. The smallest absolute Gasteiger partial charge is 0.163 e. The van der Waals surface area contributed by atoms with E-state index in [9.17, 15) is 0 Å². The number of rotatable bonds is 4. The van der Waals surface area contributed by atoms with E-state index in [-0.39, 0.29) is 5.41 Å². The molecule has 0 fully saturated rings. The van der Waals surface area contributed by atoms with E-state index < -0.39 is 0 Å². The maximum absolute atomic E-state index is 6.10. The topological polar surface area (TPSA) is 48.3 Å². The zero-order chi connectivity index (χ0) is 37.1. The highest BCUT2D eigenvalue weighted by Crippen LogP contribution is 2.51. The summed E-state index contributed by atoms with van der Waals surface area (Å²) < 4.78 is 10.6. The average Bonchev–Trinajstić information content (AvgIpc) is 3.99. The molecule has 0 atom stereocenters. The van der Waals surface area contributed by atoms with Gasteiger partial charge in [0.15, 0.2) is 5.65 Å². The molecule has 1 aliphatic rings. The summed E-state index contributed by atoms with van der Waals surface area (Å²) in [4.78, 5) is 9.78. The minimum atomic E-state index is -0.194. The number of fused-ring (bicyclic) bond motifs is 10. The number of aromatic nitrogens is 4. The first kappa shape index (κ1) is 31.1. The number of nitrogens with zero attached hydrogens (tertiary/aromatic N) is 4. The molecule has 0 unspecified atom stereocenters. The molecule has 7 aromatic carbocycles. The van der Waals surface area contributed by atoms with Crippen molar-refractivity contribution in [2.75, 3.05) is 0 Å². The fraction of sp³-hybridized carbons (Fsp3) is 0.0588. The van der Waals surface area contributed by atoms with Crippen molar-refractivity contribution in [1.29, 1.82) is 0 Å². The quantitative estimate of drug-likeness (QED) is 0.182. The Morgan fingerprint density at radius 2 is 1.16 bits per heavy atom. The van der Waals surface area contributed by atoms with Crippen molar-refractivity contribution in [3.8, 4) is 50.5 Å². The molecule has 11 aromatic rings. The summed E-state index contributed by atoms with van der Waals surface area (Å²) in [6, 6.07) is 54.7. The van der Waals surface area contributed by atoms with Gasteiger partial charge in [-0.05, 0) is 100 Å². The third-order valence-corrected chi connectivity index (χ3v) is 12.1. The summed E-state index contributed by atoms with van der Waals surface area (Å²) in [6.45, 7) is 4.71. The van der Waals surface area contributed by atoms with Gasteiger partial charge in [0, 0.05) is 56.2 Å². The Morgan fingerprint density at radius 1 is 0.518 bits per heavy atom. The number of imidazole rings is 1. The summed E-state index contributed by atoms with van der Waals surface area (Å²) in [5, 5.41) is 4.70. The Bertz CT molecular complexity index is 3400. The molecule has 0 saturated carbocycles. The Labute approximate surface area is 322 Å². The molecule has 0 bridgehead atoms. The molecule has 0 spiro atoms. The average molecular weight is 719 g/mol. The molecule has 0 N–H and O–H groups in total. The van der Waals surface area contributed by atoms with Crippen LogP contribution in [0.5, 0.6) is 0 Å². The van der Waals surface area contributed by atoms with Crippen LogP contribution in [0.4, 0.5) is 0 Å². The van der Waals surface area contributed by atoms with Crippen molar-refractivity contribution in [1.82, 2.24) is 18.9 Å². The zero-order valence-electron chi connectivity index (χ0n) is 30.9. The van der Waals surface area contributed by atoms with Gasteiger partial charge in [-0.1, -0.05) is 98.8 Å². The zero-order valence-corrected chi connectivity index (χ0v) is 30.9. The molecule has 4 heterocycles. The molecule has 1 aliphatic carbocycles. The SMILES string of the molecule is CC1(C)c2cc(-c3ccc4c(c3)c3ccccc3n4-c3ccccc3)ccc2-c2ccc(-c3cnc4c(-c5ccc6oc7ccccc7c6c5)nccn34)cc21. The number of benzene rings is 7. The molecular formula is C51H34N4O. The van der Waals surface area contributed by atoms with Crippen LogP contribution in [0.1, 0.15) is 25.0 Å². The van der Waals surface area contributed by atoms with Gasteiger partial charge in [0.1, 0.15) is 16.9 Å². The molecule has 0 saturated heterocycles. The van der Waals surface area contributed by atoms with Gasteiger partial charge in [0.05, 0.1) is 22.9 Å². The van der Waals surface area contributed by atoms with Crippen LogP contribution in [0, 0.1) is 0 Å². The second-order valence-electron chi connectivity index (χ2n) is 15.5. The first-order chi connectivity index (χ1) is 27.5. The molecule has 56 heavy (non-hydrogen) atoms. The van der Waals surface area contributed by atoms with Crippen LogP contribution < -0.4 is 0 Å². The van der Waals surface area contributed by atoms with Gasteiger partial charge in [0.25, 0.3) is 0 Å². The van der Waals surface area contributed by atoms with E-state index in [4.69, 9.17) is 14.4 Å². The molecule has 0 amide bonds. The summed E-state index contributed by atoms with van der Waals surface area (Å²) in [6.07, 6.45) is 5.86. The predicted octanol–water partition coefficient (Wildman–Crippen LogP) is 13.0. The summed E-state index contributed by atoms with van der Waals surface area (Å²) in [7, 11) is 0. The van der Waals surface area contributed by atoms with E-state index in [1.807, 2.05) is 42.9 Å². The van der Waals surface area contributed by atoms with E-state index >= 15 is 0 Å². The van der Waals surface area contributed by atoms with Gasteiger partial charge in [0.2, 0.25) is 0 Å². The van der Waals surface area contributed by atoms with Crippen molar-refractivity contribution in [2.24, 2.45) is 0 Å². The predicted molar refractivity (Wildman–Crippen MR) is 228 cm³/mol. The highest BCUT2D eigenvalue weighted by Gasteiger charge is 2.36. The maximum Gasteiger partial charge on any atom is 0.163 e. The Balaban J connectivity index is 0.923. The lowest BCUT2D eigenvalue weighted by atomic mass is 9.81. The lowest BCUT2D eigenvalue weighted by Gasteiger charge is -2.22. The van der Waals surface area contributed by atoms with Crippen LogP contribution in [-0.4, -0.2) is 18.9 Å². The van der Waals surface area contributed by atoms with Gasteiger partial charge in [-0.25, -0.2) is 4.98 Å². The molecule has 4 aromatic heterocycles. The number of furan rings is 1. The van der Waals surface area contributed by atoms with Crippen molar-refractivity contribution < 1.29 is 4.42 Å². The van der Waals surface area contributed by atoms with Gasteiger partial charge in [-0.3, -0.25) is 9.38 Å². The molecular weight excluding hydrogens is 685 g/mol. The van der Waals surface area contributed by atoms with E-state index in [0.717, 1.165) is 50.1 Å². The third-order valence-electron chi connectivity index (χ3n) is 12.1. The van der Waals surface area contributed by atoms with Gasteiger partial charge in [-0.15, -0.1) is 0 Å². The second kappa shape index (κ2) is 11.4. The molecule has 0 radical (unpaired) electrons. The molecule has 12 rings (SSSR count). The van der Waals surface area contributed by atoms with Crippen LogP contribution in [0.25, 0.3) is 99.8 Å². The minimum absolute atomic E-state index is 0.194. The lowest BCUT2D eigenvalue weighted by Crippen LogP contribution is -2.15. The molecule has 264 valence electrons. The van der Waals surface area contributed by atoms with E-state index in [2.05, 4.69) is 150 Å². The van der Waals surface area contributed by atoms with E-state index in [0.29, 0.717) is 0 Å². The number of hydrogen-bond donors (Lipinski definition) is 0. The highest BCUT2D eigenvalue weighted by molar-refractivity contribution is 6.10. The second-order valence-corrected chi connectivity index (χ2v) is 15.5. The summed E-state index contributed by atoms with van der Waals surface area (Å²) >= 11 is 0. The normalized spacial score (nSPS) is 13.3. The minimum Gasteiger partial charge on any atom is -0.456 e. The Kier molecular flexibility index (Phi) is 6.33. The third kappa shape index (κ3) is 4.37. The first-order valence-corrected chi connectivity index (χ1v) is 19.1. The molecule has 5 nitrogen and oxygen atoms in total. The Morgan fingerprint density at radius 3 is 2.02 bits per heavy atom.